The molecule has 0 radical (unpaired) electrons. The summed E-state index contributed by atoms with van der Waals surface area (Å²) >= 11 is 0. The fourth-order valence-corrected chi connectivity index (χ4v) is 2.96. The second-order valence-electron chi connectivity index (χ2n) is 5.26. The van der Waals surface area contributed by atoms with Crippen LogP contribution < -0.4 is 0 Å². The van der Waals surface area contributed by atoms with Crippen LogP contribution in [0, 0.1) is 0 Å². The van der Waals surface area contributed by atoms with Crippen LogP contribution in [0.2, 0.25) is 0 Å². The minimum absolute atomic E-state index is 0.284. The number of benzene rings is 1. The maximum absolute atomic E-state index is 9.31. The molecular weight excluding hydrogens is 244 g/mol. The molecule has 2 heterocycles. The predicted octanol–water partition coefficient (Wildman–Crippen LogP) is 1.59. The Hall–Kier alpha value is -1.59. The van der Waals surface area contributed by atoms with Gasteiger partial charge in [0.05, 0.1) is 18.9 Å². The second kappa shape index (κ2) is 5.19. The van der Waals surface area contributed by atoms with Crippen molar-refractivity contribution in [2.45, 2.75) is 31.5 Å². The Morgan fingerprint density at radius 1 is 1.16 bits per heavy atom. The summed E-state index contributed by atoms with van der Waals surface area (Å²) in [6.45, 7) is 2.22. The van der Waals surface area contributed by atoms with Crippen LogP contribution in [-0.4, -0.2) is 46.2 Å². The Bertz CT molecular complexity index is 456. The molecule has 0 spiro atoms. The van der Waals surface area contributed by atoms with Crippen LogP contribution >= 0.6 is 0 Å². The van der Waals surface area contributed by atoms with E-state index in [-0.39, 0.29) is 12.1 Å². The van der Waals surface area contributed by atoms with Gasteiger partial charge < -0.3 is 15.1 Å². The van der Waals surface area contributed by atoms with Crippen molar-refractivity contribution in [2.24, 2.45) is 5.16 Å². The van der Waals surface area contributed by atoms with Gasteiger partial charge in [0.15, 0.2) is 0 Å². The molecule has 102 valence electrons. The molecule has 2 N–H and O–H groups in total. The zero-order valence-corrected chi connectivity index (χ0v) is 10.7. The Labute approximate surface area is 112 Å². The van der Waals surface area contributed by atoms with Crippen molar-refractivity contribution in [1.29, 1.82) is 0 Å². The number of oxime groups is 1. The molecule has 5 nitrogen and oxygen atoms in total. The minimum atomic E-state index is 0.284. The molecule has 2 fully saturated rings. The smallest absolute Gasteiger partial charge is 0.115 e. The van der Waals surface area contributed by atoms with E-state index in [2.05, 4.69) is 10.1 Å². The first kappa shape index (κ1) is 12.4. The van der Waals surface area contributed by atoms with Gasteiger partial charge in [-0.05, 0) is 17.7 Å². The lowest BCUT2D eigenvalue weighted by molar-refractivity contribution is -0.0574. The van der Waals surface area contributed by atoms with Crippen LogP contribution in [0.15, 0.2) is 29.4 Å². The van der Waals surface area contributed by atoms with Gasteiger partial charge in [0.25, 0.3) is 0 Å². The number of hydrogen-bond acceptors (Lipinski definition) is 5. The summed E-state index contributed by atoms with van der Waals surface area (Å²) in [4.78, 5) is 2.42. The predicted molar refractivity (Wildman–Crippen MR) is 70.5 cm³/mol. The zero-order chi connectivity index (χ0) is 13.2. The molecule has 0 aliphatic carbocycles. The Morgan fingerprint density at radius 3 is 2.37 bits per heavy atom. The Morgan fingerprint density at radius 2 is 1.79 bits per heavy atom. The molecule has 2 aliphatic heterocycles. The molecule has 2 atom stereocenters. The fourth-order valence-electron chi connectivity index (χ4n) is 2.96. The normalized spacial score (nSPS) is 27.3. The van der Waals surface area contributed by atoms with E-state index < -0.39 is 0 Å². The number of phenols is 1. The number of ether oxygens (including phenoxy) is 1. The summed E-state index contributed by atoms with van der Waals surface area (Å²) in [7, 11) is 0. The number of piperidine rings is 1. The zero-order valence-electron chi connectivity index (χ0n) is 10.7. The van der Waals surface area contributed by atoms with Gasteiger partial charge in [0.1, 0.15) is 5.75 Å². The van der Waals surface area contributed by atoms with Gasteiger partial charge in [0, 0.05) is 31.5 Å². The summed E-state index contributed by atoms with van der Waals surface area (Å²) in [5, 5.41) is 21.7. The molecule has 2 bridgehead atoms. The third-order valence-electron chi connectivity index (χ3n) is 3.94. The van der Waals surface area contributed by atoms with Gasteiger partial charge in [0.2, 0.25) is 0 Å². The van der Waals surface area contributed by atoms with Crippen molar-refractivity contribution in [3.8, 4) is 5.75 Å². The van der Waals surface area contributed by atoms with E-state index in [1.165, 1.54) is 5.56 Å². The molecule has 0 saturated carbocycles. The van der Waals surface area contributed by atoms with Gasteiger partial charge in [-0.15, -0.1) is 0 Å². The van der Waals surface area contributed by atoms with Crippen LogP contribution in [0.5, 0.6) is 5.75 Å². The van der Waals surface area contributed by atoms with Crippen LogP contribution in [-0.2, 0) is 11.3 Å². The van der Waals surface area contributed by atoms with Gasteiger partial charge in [-0.2, -0.15) is 0 Å². The molecule has 19 heavy (non-hydrogen) atoms. The first-order chi connectivity index (χ1) is 9.26. The number of morpholine rings is 1. The van der Waals surface area contributed by atoms with E-state index in [4.69, 9.17) is 9.94 Å². The first-order valence-electron chi connectivity index (χ1n) is 6.57. The second-order valence-corrected chi connectivity index (χ2v) is 5.26. The lowest BCUT2D eigenvalue weighted by Crippen LogP contribution is -2.56. The molecule has 2 unspecified atom stereocenters. The molecule has 0 aromatic heterocycles. The standard InChI is InChI=1S/C14H18N2O3/c17-14-3-1-10(2-4-14)7-16-12-5-11(15-18)6-13(16)9-19-8-12/h1-4,12-13,17-18H,5-9H2. The van der Waals surface area contributed by atoms with E-state index in [0.717, 1.165) is 25.1 Å². The minimum Gasteiger partial charge on any atom is -0.508 e. The third kappa shape index (κ3) is 2.57. The number of rotatable bonds is 2. The van der Waals surface area contributed by atoms with E-state index >= 15 is 0 Å². The maximum atomic E-state index is 9.31. The van der Waals surface area contributed by atoms with Crippen molar-refractivity contribution in [2.75, 3.05) is 13.2 Å². The topological polar surface area (TPSA) is 65.3 Å². The number of phenolic OH excluding ortho intramolecular Hbond substituents is 1. The van der Waals surface area contributed by atoms with E-state index in [9.17, 15) is 5.11 Å². The Kier molecular flexibility index (Phi) is 3.40. The summed E-state index contributed by atoms with van der Waals surface area (Å²) in [5.74, 6) is 0.292. The van der Waals surface area contributed by atoms with Crippen LogP contribution in [0.4, 0.5) is 0 Å². The molecule has 1 aromatic carbocycles. The highest BCUT2D eigenvalue weighted by Gasteiger charge is 2.37. The Balaban J connectivity index is 1.75. The van der Waals surface area contributed by atoms with Gasteiger partial charge in [-0.1, -0.05) is 17.3 Å². The molecular formula is C14H18N2O3. The molecule has 5 heteroatoms. The average molecular weight is 262 g/mol. The summed E-state index contributed by atoms with van der Waals surface area (Å²) in [5.41, 5.74) is 2.05. The molecule has 2 saturated heterocycles. The van der Waals surface area contributed by atoms with E-state index in [1.54, 1.807) is 12.1 Å². The van der Waals surface area contributed by atoms with Crippen molar-refractivity contribution in [1.82, 2.24) is 4.90 Å². The first-order valence-corrected chi connectivity index (χ1v) is 6.57. The number of fused-ring (bicyclic) bond motifs is 2. The van der Waals surface area contributed by atoms with Crippen LogP contribution in [0.1, 0.15) is 18.4 Å². The summed E-state index contributed by atoms with van der Waals surface area (Å²) < 4.78 is 5.60. The highest BCUT2D eigenvalue weighted by molar-refractivity contribution is 5.86. The number of hydrogen-bond donors (Lipinski definition) is 2. The molecule has 0 amide bonds. The number of nitrogens with zero attached hydrogens (tertiary/aromatic N) is 2. The highest BCUT2D eigenvalue weighted by Crippen LogP contribution is 2.28. The van der Waals surface area contributed by atoms with Crippen molar-refractivity contribution in [3.63, 3.8) is 0 Å². The molecule has 3 rings (SSSR count). The maximum Gasteiger partial charge on any atom is 0.115 e. The largest absolute Gasteiger partial charge is 0.508 e. The van der Waals surface area contributed by atoms with Gasteiger partial charge >= 0.3 is 0 Å². The summed E-state index contributed by atoms with van der Waals surface area (Å²) in [6, 6.07) is 7.89. The summed E-state index contributed by atoms with van der Waals surface area (Å²) in [6.07, 6.45) is 1.54. The van der Waals surface area contributed by atoms with Crippen LogP contribution in [0.25, 0.3) is 0 Å². The molecule has 1 aromatic rings. The lowest BCUT2D eigenvalue weighted by Gasteiger charge is -2.45. The van der Waals surface area contributed by atoms with Crippen LogP contribution in [0.3, 0.4) is 0 Å². The van der Waals surface area contributed by atoms with Crippen molar-refractivity contribution >= 4 is 5.71 Å². The molecule has 2 aliphatic rings. The fraction of sp³-hybridized carbons (Fsp3) is 0.500. The third-order valence-corrected chi connectivity index (χ3v) is 3.94. The average Bonchev–Trinajstić information content (AvgIpc) is 2.41. The quantitative estimate of drug-likeness (QED) is 0.627. The highest BCUT2D eigenvalue weighted by atomic mass is 16.5. The van der Waals surface area contributed by atoms with Gasteiger partial charge in [-0.3, -0.25) is 4.90 Å². The van der Waals surface area contributed by atoms with E-state index in [0.29, 0.717) is 19.0 Å². The number of aromatic hydroxyl groups is 1. The van der Waals surface area contributed by atoms with Gasteiger partial charge in [-0.25, -0.2) is 0 Å². The van der Waals surface area contributed by atoms with Crippen molar-refractivity contribution < 1.29 is 15.1 Å². The monoisotopic (exact) mass is 262 g/mol. The lowest BCUT2D eigenvalue weighted by atomic mass is 9.92. The van der Waals surface area contributed by atoms with Crippen molar-refractivity contribution in [3.05, 3.63) is 29.8 Å². The van der Waals surface area contributed by atoms with E-state index in [1.807, 2.05) is 12.1 Å². The SMILES string of the molecule is ON=C1CC2COCC(C1)N2Cc1ccc(O)cc1.